The van der Waals surface area contributed by atoms with Gasteiger partial charge >= 0.3 is 0 Å². The first-order valence-electron chi connectivity index (χ1n) is 6.21. The Morgan fingerprint density at radius 2 is 2.05 bits per heavy atom. The minimum absolute atomic E-state index is 0.208. The fourth-order valence-electron chi connectivity index (χ4n) is 2.12. The highest BCUT2D eigenvalue weighted by molar-refractivity contribution is 7.12. The molecule has 0 saturated heterocycles. The molecule has 1 atom stereocenters. The molecule has 0 aliphatic heterocycles. The lowest BCUT2D eigenvalue weighted by atomic mass is 10.1. The number of hydrogen-bond donors (Lipinski definition) is 1. The van der Waals surface area contributed by atoms with Crippen molar-refractivity contribution in [2.24, 2.45) is 0 Å². The minimum Gasteiger partial charge on any atom is -0.306 e. The molecule has 0 amide bonds. The number of benzene rings is 1. The second-order valence-corrected chi connectivity index (χ2v) is 6.60. The molecular weight excluding hydrogens is 281 g/mol. The summed E-state index contributed by atoms with van der Waals surface area (Å²) in [6.45, 7) is 6.82. The third-order valence-electron chi connectivity index (χ3n) is 3.16. The van der Waals surface area contributed by atoms with Gasteiger partial charge in [0.05, 0.1) is 0 Å². The minimum atomic E-state index is -0.259. The van der Waals surface area contributed by atoms with E-state index in [2.05, 4.69) is 32.2 Å². The highest BCUT2D eigenvalue weighted by Crippen LogP contribution is 2.26. The Morgan fingerprint density at radius 1 is 1.32 bits per heavy atom. The summed E-state index contributed by atoms with van der Waals surface area (Å²) in [5.41, 5.74) is 1.93. The SMILES string of the molecule is Cc1cc(C(C)NCc2ccc(Cl)cc2F)c(C)s1. The third kappa shape index (κ3) is 3.56. The molecule has 102 valence electrons. The zero-order valence-corrected chi connectivity index (χ0v) is 12.8. The van der Waals surface area contributed by atoms with Crippen molar-refractivity contribution in [1.29, 1.82) is 0 Å². The molecule has 2 rings (SSSR count). The van der Waals surface area contributed by atoms with Crippen LogP contribution in [0.4, 0.5) is 4.39 Å². The molecule has 0 aliphatic carbocycles. The van der Waals surface area contributed by atoms with Crippen LogP contribution in [0.15, 0.2) is 24.3 Å². The van der Waals surface area contributed by atoms with Crippen LogP contribution in [0.25, 0.3) is 0 Å². The van der Waals surface area contributed by atoms with Crippen molar-refractivity contribution in [3.05, 3.63) is 56.0 Å². The van der Waals surface area contributed by atoms with Gasteiger partial charge in [0.2, 0.25) is 0 Å². The van der Waals surface area contributed by atoms with Crippen molar-refractivity contribution >= 4 is 22.9 Å². The zero-order valence-electron chi connectivity index (χ0n) is 11.3. The van der Waals surface area contributed by atoms with E-state index in [-0.39, 0.29) is 11.9 Å². The van der Waals surface area contributed by atoms with Crippen LogP contribution in [-0.4, -0.2) is 0 Å². The Hall–Kier alpha value is -0.900. The van der Waals surface area contributed by atoms with Gasteiger partial charge in [0.25, 0.3) is 0 Å². The molecule has 1 N–H and O–H groups in total. The number of halogens is 2. The fraction of sp³-hybridized carbons (Fsp3) is 0.333. The van der Waals surface area contributed by atoms with Gasteiger partial charge in [0.1, 0.15) is 5.82 Å². The van der Waals surface area contributed by atoms with E-state index in [1.54, 1.807) is 23.5 Å². The molecule has 1 nitrogen and oxygen atoms in total. The van der Waals surface area contributed by atoms with Crippen molar-refractivity contribution in [2.75, 3.05) is 0 Å². The Kier molecular flexibility index (Phi) is 4.61. The summed E-state index contributed by atoms with van der Waals surface area (Å²) < 4.78 is 13.7. The maximum Gasteiger partial charge on any atom is 0.129 e. The molecule has 1 unspecified atom stereocenters. The van der Waals surface area contributed by atoms with Crippen molar-refractivity contribution < 1.29 is 4.39 Å². The highest BCUT2D eigenvalue weighted by atomic mass is 35.5. The van der Waals surface area contributed by atoms with Crippen molar-refractivity contribution in [2.45, 2.75) is 33.4 Å². The summed E-state index contributed by atoms with van der Waals surface area (Å²) in [7, 11) is 0. The summed E-state index contributed by atoms with van der Waals surface area (Å²) in [5, 5.41) is 3.78. The first kappa shape index (κ1) is 14.5. The smallest absolute Gasteiger partial charge is 0.129 e. The molecule has 1 heterocycles. The van der Waals surface area contributed by atoms with Gasteiger partial charge in [-0.2, -0.15) is 0 Å². The molecular formula is C15H17ClFNS. The molecule has 0 bridgehead atoms. The predicted molar refractivity (Wildman–Crippen MR) is 80.5 cm³/mol. The van der Waals surface area contributed by atoms with E-state index in [4.69, 9.17) is 11.6 Å². The van der Waals surface area contributed by atoms with Crippen LogP contribution in [0.1, 0.15) is 33.8 Å². The average Bonchev–Trinajstić information content (AvgIpc) is 2.67. The summed E-state index contributed by atoms with van der Waals surface area (Å²) in [5.74, 6) is -0.259. The Labute approximate surface area is 122 Å². The van der Waals surface area contributed by atoms with Crippen LogP contribution in [0.5, 0.6) is 0 Å². The molecule has 1 aromatic carbocycles. The summed E-state index contributed by atoms with van der Waals surface area (Å²) in [4.78, 5) is 2.62. The molecule has 4 heteroatoms. The molecule has 0 saturated carbocycles. The van der Waals surface area contributed by atoms with E-state index in [9.17, 15) is 4.39 Å². The predicted octanol–water partition coefficient (Wildman–Crippen LogP) is 5.01. The number of rotatable bonds is 4. The van der Waals surface area contributed by atoms with Crippen LogP contribution in [0.2, 0.25) is 5.02 Å². The van der Waals surface area contributed by atoms with Crippen molar-refractivity contribution in [3.8, 4) is 0 Å². The Balaban J connectivity index is 2.04. The number of aryl methyl sites for hydroxylation is 2. The summed E-state index contributed by atoms with van der Waals surface area (Å²) >= 11 is 7.53. The quantitative estimate of drug-likeness (QED) is 0.836. The molecule has 0 radical (unpaired) electrons. The number of nitrogens with one attached hydrogen (secondary N) is 1. The fourth-order valence-corrected chi connectivity index (χ4v) is 3.30. The van der Waals surface area contributed by atoms with E-state index >= 15 is 0 Å². The van der Waals surface area contributed by atoms with E-state index in [0.717, 1.165) is 0 Å². The molecule has 0 fully saturated rings. The van der Waals surface area contributed by atoms with Gasteiger partial charge in [-0.25, -0.2) is 4.39 Å². The van der Waals surface area contributed by atoms with Gasteiger partial charge in [-0.1, -0.05) is 17.7 Å². The highest BCUT2D eigenvalue weighted by Gasteiger charge is 2.11. The lowest BCUT2D eigenvalue weighted by Crippen LogP contribution is -2.18. The van der Waals surface area contributed by atoms with Gasteiger partial charge < -0.3 is 5.32 Å². The Bertz CT molecular complexity index is 580. The molecule has 2 aromatic rings. The van der Waals surface area contributed by atoms with Gasteiger partial charge in [-0.3, -0.25) is 0 Å². The van der Waals surface area contributed by atoms with Crippen LogP contribution in [-0.2, 0) is 6.54 Å². The van der Waals surface area contributed by atoms with Crippen molar-refractivity contribution in [1.82, 2.24) is 5.32 Å². The lowest BCUT2D eigenvalue weighted by Gasteiger charge is -2.14. The van der Waals surface area contributed by atoms with Crippen LogP contribution >= 0.6 is 22.9 Å². The number of thiophene rings is 1. The molecule has 0 aliphatic rings. The molecule has 1 aromatic heterocycles. The Morgan fingerprint density at radius 3 is 2.63 bits per heavy atom. The maximum absolute atomic E-state index is 13.7. The maximum atomic E-state index is 13.7. The third-order valence-corrected chi connectivity index (χ3v) is 4.38. The summed E-state index contributed by atoms with van der Waals surface area (Å²) in [6.07, 6.45) is 0. The van der Waals surface area contributed by atoms with E-state index in [1.165, 1.54) is 21.4 Å². The average molecular weight is 298 g/mol. The first-order chi connectivity index (χ1) is 8.97. The second-order valence-electron chi connectivity index (χ2n) is 4.71. The largest absolute Gasteiger partial charge is 0.306 e. The van der Waals surface area contributed by atoms with Gasteiger partial charge in [0, 0.05) is 32.9 Å². The van der Waals surface area contributed by atoms with Crippen LogP contribution in [0.3, 0.4) is 0 Å². The monoisotopic (exact) mass is 297 g/mol. The molecule has 19 heavy (non-hydrogen) atoms. The standard InChI is InChI=1S/C15H17ClFNS/c1-9-6-14(11(3)19-9)10(2)18-8-12-4-5-13(16)7-15(12)17/h4-7,10,18H,8H2,1-3H3. The summed E-state index contributed by atoms with van der Waals surface area (Å²) in [6, 6.07) is 7.19. The van der Waals surface area contributed by atoms with Crippen molar-refractivity contribution in [3.63, 3.8) is 0 Å². The second kappa shape index (κ2) is 6.04. The van der Waals surface area contributed by atoms with E-state index in [1.807, 2.05) is 0 Å². The normalized spacial score (nSPS) is 12.7. The van der Waals surface area contributed by atoms with Gasteiger partial charge in [0.15, 0.2) is 0 Å². The van der Waals surface area contributed by atoms with Gasteiger partial charge in [-0.05, 0) is 44.5 Å². The lowest BCUT2D eigenvalue weighted by molar-refractivity contribution is 0.544. The first-order valence-corrected chi connectivity index (χ1v) is 7.41. The van der Waals surface area contributed by atoms with Gasteiger partial charge in [-0.15, -0.1) is 11.3 Å². The topological polar surface area (TPSA) is 12.0 Å². The van der Waals surface area contributed by atoms with E-state index < -0.39 is 0 Å². The van der Waals surface area contributed by atoms with Crippen LogP contribution < -0.4 is 5.32 Å². The van der Waals surface area contributed by atoms with E-state index in [0.29, 0.717) is 17.1 Å². The number of hydrogen-bond acceptors (Lipinski definition) is 2. The molecule has 0 spiro atoms. The zero-order chi connectivity index (χ0) is 14.0. The van der Waals surface area contributed by atoms with Crippen LogP contribution in [0, 0.1) is 19.7 Å².